The molecule has 2 aliphatic rings. The van der Waals surface area contributed by atoms with Crippen LogP contribution in [0.5, 0.6) is 0 Å². The molecule has 1 aliphatic heterocycles. The average Bonchev–Trinajstić information content (AvgIpc) is 2.35. The molecule has 3 atom stereocenters. The number of hydrogen-bond donors (Lipinski definition) is 1. The first-order chi connectivity index (χ1) is 4.38. The van der Waals surface area contributed by atoms with E-state index >= 15 is 0 Å². The van der Waals surface area contributed by atoms with Crippen LogP contribution >= 0.6 is 0 Å². The van der Waals surface area contributed by atoms with Crippen LogP contribution in [0.4, 0.5) is 0 Å². The Morgan fingerprint density at radius 1 is 1.33 bits per heavy atom. The lowest BCUT2D eigenvalue weighted by molar-refractivity contribution is 0.432. The molecule has 1 aliphatic carbocycles. The predicted octanol–water partition coefficient (Wildman–Crippen LogP) is 1.39. The van der Waals surface area contributed by atoms with Crippen LogP contribution in [-0.2, 0) is 0 Å². The van der Waals surface area contributed by atoms with Crippen LogP contribution in [0.2, 0.25) is 0 Å². The molecule has 0 amide bonds. The molecule has 0 bridgehead atoms. The molecule has 1 heterocycles. The molecule has 52 valence electrons. The van der Waals surface area contributed by atoms with Crippen LogP contribution in [0.15, 0.2) is 0 Å². The molecule has 2 fully saturated rings. The number of fused-ring (bicyclic) bond motifs is 1. The fraction of sp³-hybridized carbons (Fsp3) is 1.00. The van der Waals surface area contributed by atoms with Crippen molar-refractivity contribution >= 4 is 0 Å². The van der Waals surface area contributed by atoms with E-state index in [2.05, 4.69) is 12.2 Å². The molecule has 1 heteroatoms. The first-order valence-corrected chi connectivity index (χ1v) is 4.11. The Morgan fingerprint density at radius 2 is 2.22 bits per heavy atom. The van der Waals surface area contributed by atoms with Crippen molar-refractivity contribution in [1.82, 2.24) is 5.32 Å². The highest BCUT2D eigenvalue weighted by atomic mass is 15.0. The summed E-state index contributed by atoms with van der Waals surface area (Å²) in [5.74, 6) is 2.07. The van der Waals surface area contributed by atoms with Gasteiger partial charge in [0.25, 0.3) is 0 Å². The lowest BCUT2D eigenvalue weighted by atomic mass is 9.95. The van der Waals surface area contributed by atoms with Gasteiger partial charge < -0.3 is 5.32 Å². The van der Waals surface area contributed by atoms with Crippen LogP contribution in [0.3, 0.4) is 0 Å². The zero-order valence-corrected chi connectivity index (χ0v) is 6.06. The summed E-state index contributed by atoms with van der Waals surface area (Å²) in [6.07, 6.45) is 4.46. The lowest BCUT2D eigenvalue weighted by Gasteiger charge is -2.11. The minimum Gasteiger partial charge on any atom is -0.314 e. The standard InChI is InChI=1S/C8H15N/c1-6-8-4-2-3-7(8)5-9-6/h6-9H,2-5H2,1H3. The number of hydrogen-bond acceptors (Lipinski definition) is 1. The van der Waals surface area contributed by atoms with Crippen LogP contribution in [0.1, 0.15) is 26.2 Å². The van der Waals surface area contributed by atoms with Crippen molar-refractivity contribution in [1.29, 1.82) is 0 Å². The number of nitrogens with one attached hydrogen (secondary N) is 1. The van der Waals surface area contributed by atoms with Gasteiger partial charge in [-0.3, -0.25) is 0 Å². The lowest BCUT2D eigenvalue weighted by Crippen LogP contribution is -2.22. The number of rotatable bonds is 0. The van der Waals surface area contributed by atoms with Crippen molar-refractivity contribution in [2.45, 2.75) is 32.2 Å². The van der Waals surface area contributed by atoms with E-state index in [0.717, 1.165) is 17.9 Å². The van der Waals surface area contributed by atoms with E-state index in [1.54, 1.807) is 0 Å². The summed E-state index contributed by atoms with van der Waals surface area (Å²) in [6.45, 7) is 3.63. The molecule has 0 aromatic heterocycles. The zero-order chi connectivity index (χ0) is 6.27. The van der Waals surface area contributed by atoms with E-state index in [4.69, 9.17) is 0 Å². The third-order valence-corrected chi connectivity index (χ3v) is 3.06. The van der Waals surface area contributed by atoms with E-state index in [1.165, 1.54) is 25.8 Å². The summed E-state index contributed by atoms with van der Waals surface area (Å²) in [6, 6.07) is 0.817. The molecule has 0 aromatic rings. The van der Waals surface area contributed by atoms with Crippen LogP contribution < -0.4 is 5.32 Å². The average molecular weight is 125 g/mol. The van der Waals surface area contributed by atoms with Gasteiger partial charge in [-0.1, -0.05) is 6.42 Å². The van der Waals surface area contributed by atoms with Gasteiger partial charge >= 0.3 is 0 Å². The second-order valence-electron chi connectivity index (χ2n) is 3.55. The Morgan fingerprint density at radius 3 is 3.00 bits per heavy atom. The fourth-order valence-electron chi connectivity index (χ4n) is 2.47. The van der Waals surface area contributed by atoms with Crippen molar-refractivity contribution in [2.75, 3.05) is 6.54 Å². The molecule has 3 unspecified atom stereocenters. The highest BCUT2D eigenvalue weighted by molar-refractivity contribution is 4.91. The highest BCUT2D eigenvalue weighted by Gasteiger charge is 2.35. The summed E-state index contributed by atoms with van der Waals surface area (Å²) in [5.41, 5.74) is 0. The molecule has 9 heavy (non-hydrogen) atoms. The molecule has 1 saturated heterocycles. The van der Waals surface area contributed by atoms with E-state index in [1.807, 2.05) is 0 Å². The second kappa shape index (κ2) is 1.98. The Kier molecular flexibility index (Phi) is 1.26. The SMILES string of the molecule is CC1NCC2CCCC21. The van der Waals surface area contributed by atoms with E-state index in [9.17, 15) is 0 Å². The largest absolute Gasteiger partial charge is 0.314 e. The maximum absolute atomic E-state index is 3.52. The van der Waals surface area contributed by atoms with Crippen molar-refractivity contribution in [3.8, 4) is 0 Å². The normalized spacial score (nSPS) is 49.7. The minimum absolute atomic E-state index is 0.817. The van der Waals surface area contributed by atoms with Crippen LogP contribution in [0.25, 0.3) is 0 Å². The summed E-state index contributed by atoms with van der Waals surface area (Å²) in [4.78, 5) is 0. The molecular formula is C8H15N. The van der Waals surface area contributed by atoms with Crippen LogP contribution in [0, 0.1) is 11.8 Å². The van der Waals surface area contributed by atoms with E-state index in [0.29, 0.717) is 0 Å². The van der Waals surface area contributed by atoms with Crippen molar-refractivity contribution in [3.63, 3.8) is 0 Å². The molecule has 0 spiro atoms. The fourth-order valence-corrected chi connectivity index (χ4v) is 2.47. The molecule has 0 radical (unpaired) electrons. The van der Waals surface area contributed by atoms with Crippen molar-refractivity contribution in [3.05, 3.63) is 0 Å². The van der Waals surface area contributed by atoms with Gasteiger partial charge in [-0.05, 0) is 38.1 Å². The maximum Gasteiger partial charge on any atom is 0.00702 e. The van der Waals surface area contributed by atoms with Gasteiger partial charge in [0.05, 0.1) is 0 Å². The van der Waals surface area contributed by atoms with Gasteiger partial charge in [-0.2, -0.15) is 0 Å². The minimum atomic E-state index is 0.817. The quantitative estimate of drug-likeness (QED) is 0.516. The van der Waals surface area contributed by atoms with Crippen molar-refractivity contribution in [2.24, 2.45) is 11.8 Å². The van der Waals surface area contributed by atoms with Gasteiger partial charge in [-0.25, -0.2) is 0 Å². The Balaban J connectivity index is 2.07. The highest BCUT2D eigenvalue weighted by Crippen LogP contribution is 2.37. The van der Waals surface area contributed by atoms with E-state index in [-0.39, 0.29) is 0 Å². The Hall–Kier alpha value is -0.0400. The van der Waals surface area contributed by atoms with Crippen LogP contribution in [-0.4, -0.2) is 12.6 Å². The predicted molar refractivity (Wildman–Crippen MR) is 38.3 cm³/mol. The zero-order valence-electron chi connectivity index (χ0n) is 6.06. The Labute approximate surface area is 56.8 Å². The monoisotopic (exact) mass is 125 g/mol. The summed E-state index contributed by atoms with van der Waals surface area (Å²) in [7, 11) is 0. The summed E-state index contributed by atoms with van der Waals surface area (Å²) >= 11 is 0. The van der Waals surface area contributed by atoms with Gasteiger partial charge in [0, 0.05) is 6.04 Å². The van der Waals surface area contributed by atoms with Gasteiger partial charge in [0.2, 0.25) is 0 Å². The topological polar surface area (TPSA) is 12.0 Å². The van der Waals surface area contributed by atoms with Gasteiger partial charge in [-0.15, -0.1) is 0 Å². The third-order valence-electron chi connectivity index (χ3n) is 3.06. The Bertz CT molecular complexity index is 111. The summed E-state index contributed by atoms with van der Waals surface area (Å²) < 4.78 is 0. The van der Waals surface area contributed by atoms with E-state index < -0.39 is 0 Å². The molecule has 2 rings (SSSR count). The van der Waals surface area contributed by atoms with Gasteiger partial charge in [0.15, 0.2) is 0 Å². The smallest absolute Gasteiger partial charge is 0.00702 e. The molecule has 1 nitrogen and oxygen atoms in total. The first kappa shape index (κ1) is 5.72. The molecule has 1 saturated carbocycles. The second-order valence-corrected chi connectivity index (χ2v) is 3.55. The van der Waals surface area contributed by atoms with Crippen molar-refractivity contribution < 1.29 is 0 Å². The molecule has 1 N–H and O–H groups in total. The first-order valence-electron chi connectivity index (χ1n) is 4.11. The molecule has 0 aromatic carbocycles. The van der Waals surface area contributed by atoms with Gasteiger partial charge in [0.1, 0.15) is 0 Å². The third kappa shape index (κ3) is 0.787. The summed E-state index contributed by atoms with van der Waals surface area (Å²) in [5, 5.41) is 3.52. The maximum atomic E-state index is 3.52. The molecular weight excluding hydrogens is 110 g/mol.